The Morgan fingerprint density at radius 3 is 2.60 bits per heavy atom. The Kier molecular flexibility index (Phi) is 5.03. The van der Waals surface area contributed by atoms with Crippen LogP contribution in [0.4, 0.5) is 11.6 Å². The second-order valence-corrected chi connectivity index (χ2v) is 6.97. The van der Waals surface area contributed by atoms with Crippen molar-refractivity contribution in [1.29, 1.82) is 0 Å². The van der Waals surface area contributed by atoms with Gasteiger partial charge in [-0.25, -0.2) is 4.98 Å². The highest BCUT2D eigenvalue weighted by molar-refractivity contribution is 6.37. The van der Waals surface area contributed by atoms with Gasteiger partial charge in [-0.1, -0.05) is 50.4 Å². The van der Waals surface area contributed by atoms with E-state index >= 15 is 0 Å². The first-order valence-electron chi connectivity index (χ1n) is 7.30. The SMILES string of the molecule is CCCNc1nc(NC2CCCC2(C)C)c(Cl)cc1Cl. The van der Waals surface area contributed by atoms with E-state index in [1.54, 1.807) is 6.07 Å². The predicted octanol–water partition coefficient (Wildman–Crippen LogP) is 5.20. The van der Waals surface area contributed by atoms with Gasteiger partial charge in [0, 0.05) is 12.6 Å². The minimum Gasteiger partial charge on any atom is -0.369 e. The topological polar surface area (TPSA) is 37.0 Å². The summed E-state index contributed by atoms with van der Waals surface area (Å²) in [7, 11) is 0. The minimum absolute atomic E-state index is 0.279. The Labute approximate surface area is 131 Å². The molecule has 1 aromatic rings. The van der Waals surface area contributed by atoms with Gasteiger partial charge in [0.25, 0.3) is 0 Å². The van der Waals surface area contributed by atoms with Crippen molar-refractivity contribution < 1.29 is 0 Å². The summed E-state index contributed by atoms with van der Waals surface area (Å²) in [6.45, 7) is 7.54. The first-order chi connectivity index (χ1) is 9.44. The van der Waals surface area contributed by atoms with Crippen molar-refractivity contribution in [1.82, 2.24) is 4.98 Å². The highest BCUT2D eigenvalue weighted by Gasteiger charge is 2.34. The van der Waals surface area contributed by atoms with Crippen molar-refractivity contribution in [2.45, 2.75) is 52.5 Å². The molecule has 0 saturated heterocycles. The quantitative estimate of drug-likeness (QED) is 0.784. The van der Waals surface area contributed by atoms with Gasteiger partial charge in [-0.05, 0) is 30.7 Å². The van der Waals surface area contributed by atoms with Crippen LogP contribution in [0.3, 0.4) is 0 Å². The highest BCUT2D eigenvalue weighted by Crippen LogP contribution is 2.40. The Morgan fingerprint density at radius 2 is 2.00 bits per heavy atom. The molecular weight excluding hydrogens is 293 g/mol. The van der Waals surface area contributed by atoms with Gasteiger partial charge in [0.05, 0.1) is 10.0 Å². The lowest BCUT2D eigenvalue weighted by Gasteiger charge is -2.28. The third-order valence-corrected chi connectivity index (χ3v) is 4.62. The molecule has 1 aliphatic rings. The van der Waals surface area contributed by atoms with Gasteiger partial charge in [0.1, 0.15) is 11.6 Å². The maximum Gasteiger partial charge on any atom is 0.147 e. The lowest BCUT2D eigenvalue weighted by molar-refractivity contribution is 0.349. The van der Waals surface area contributed by atoms with Crippen LogP contribution < -0.4 is 10.6 Å². The molecule has 1 saturated carbocycles. The summed E-state index contributed by atoms with van der Waals surface area (Å²) in [5.41, 5.74) is 0.279. The van der Waals surface area contributed by atoms with E-state index in [0.717, 1.165) is 25.2 Å². The number of rotatable bonds is 5. The first-order valence-corrected chi connectivity index (χ1v) is 8.06. The molecule has 3 nitrogen and oxygen atoms in total. The van der Waals surface area contributed by atoms with Crippen LogP contribution in [0.15, 0.2) is 6.07 Å². The molecular formula is C15H23Cl2N3. The summed E-state index contributed by atoms with van der Waals surface area (Å²) in [5, 5.41) is 7.89. The molecule has 20 heavy (non-hydrogen) atoms. The van der Waals surface area contributed by atoms with Gasteiger partial charge < -0.3 is 10.6 Å². The summed E-state index contributed by atoms with van der Waals surface area (Å²) in [4.78, 5) is 4.55. The summed E-state index contributed by atoms with van der Waals surface area (Å²) in [6, 6.07) is 2.17. The molecule has 0 spiro atoms. The molecule has 0 radical (unpaired) electrons. The molecule has 1 atom stereocenters. The van der Waals surface area contributed by atoms with Crippen LogP contribution in [0, 0.1) is 5.41 Å². The van der Waals surface area contributed by atoms with E-state index in [2.05, 4.69) is 36.4 Å². The zero-order valence-corrected chi connectivity index (χ0v) is 13.9. The van der Waals surface area contributed by atoms with E-state index in [0.29, 0.717) is 21.9 Å². The molecule has 1 unspecified atom stereocenters. The van der Waals surface area contributed by atoms with E-state index in [4.69, 9.17) is 23.2 Å². The average molecular weight is 316 g/mol. The van der Waals surface area contributed by atoms with Gasteiger partial charge >= 0.3 is 0 Å². The normalized spacial score (nSPS) is 20.9. The summed E-state index contributed by atoms with van der Waals surface area (Å²) in [5.74, 6) is 1.44. The molecule has 0 bridgehead atoms. The van der Waals surface area contributed by atoms with Crippen molar-refractivity contribution in [3.05, 3.63) is 16.1 Å². The van der Waals surface area contributed by atoms with Crippen molar-refractivity contribution in [3.8, 4) is 0 Å². The lowest BCUT2D eigenvalue weighted by Crippen LogP contribution is -2.31. The number of anilines is 2. The third-order valence-electron chi connectivity index (χ3n) is 4.04. The van der Waals surface area contributed by atoms with E-state index in [-0.39, 0.29) is 5.41 Å². The van der Waals surface area contributed by atoms with E-state index in [1.165, 1.54) is 12.8 Å². The molecule has 0 aromatic carbocycles. The molecule has 2 N–H and O–H groups in total. The van der Waals surface area contributed by atoms with E-state index < -0.39 is 0 Å². The number of nitrogens with zero attached hydrogens (tertiary/aromatic N) is 1. The second-order valence-electron chi connectivity index (χ2n) is 6.15. The summed E-state index contributed by atoms with van der Waals surface area (Å²) in [6.07, 6.45) is 4.66. The summed E-state index contributed by atoms with van der Waals surface area (Å²) >= 11 is 12.4. The van der Waals surface area contributed by atoms with Crippen molar-refractivity contribution in [3.63, 3.8) is 0 Å². The predicted molar refractivity (Wildman–Crippen MR) is 88.1 cm³/mol. The number of nitrogens with one attached hydrogen (secondary N) is 2. The number of hydrogen-bond donors (Lipinski definition) is 2. The Hall–Kier alpha value is -0.670. The highest BCUT2D eigenvalue weighted by atomic mass is 35.5. The number of aromatic nitrogens is 1. The third kappa shape index (κ3) is 3.50. The van der Waals surface area contributed by atoms with Gasteiger partial charge in [-0.2, -0.15) is 0 Å². The zero-order valence-electron chi connectivity index (χ0n) is 12.4. The Balaban J connectivity index is 2.18. The fourth-order valence-electron chi connectivity index (χ4n) is 2.69. The maximum absolute atomic E-state index is 6.27. The molecule has 0 aliphatic heterocycles. The standard InChI is InChI=1S/C15H23Cl2N3/c1-4-8-18-13-10(16)9-11(17)14(20-13)19-12-6-5-7-15(12,2)3/h9,12H,4-8H2,1-3H3,(H2,18,19,20). The molecule has 112 valence electrons. The Morgan fingerprint density at radius 1 is 1.30 bits per heavy atom. The monoisotopic (exact) mass is 315 g/mol. The van der Waals surface area contributed by atoms with Crippen molar-refractivity contribution in [2.75, 3.05) is 17.2 Å². The van der Waals surface area contributed by atoms with Crippen LogP contribution in [-0.4, -0.2) is 17.6 Å². The van der Waals surface area contributed by atoms with Gasteiger partial charge in [0.2, 0.25) is 0 Å². The fourth-order valence-corrected chi connectivity index (χ4v) is 3.17. The first kappa shape index (κ1) is 15.7. The average Bonchev–Trinajstić information content (AvgIpc) is 2.70. The van der Waals surface area contributed by atoms with Crippen LogP contribution in [0.25, 0.3) is 0 Å². The molecule has 5 heteroatoms. The molecule has 1 fully saturated rings. The fraction of sp³-hybridized carbons (Fsp3) is 0.667. The van der Waals surface area contributed by atoms with Crippen LogP contribution in [0.2, 0.25) is 10.0 Å². The lowest BCUT2D eigenvalue weighted by atomic mass is 9.87. The van der Waals surface area contributed by atoms with Gasteiger partial charge in [0.15, 0.2) is 0 Å². The molecule has 1 heterocycles. The maximum atomic E-state index is 6.27. The van der Waals surface area contributed by atoms with E-state index in [9.17, 15) is 0 Å². The smallest absolute Gasteiger partial charge is 0.147 e. The molecule has 2 rings (SSSR count). The molecule has 0 amide bonds. The second kappa shape index (κ2) is 6.40. The largest absolute Gasteiger partial charge is 0.369 e. The van der Waals surface area contributed by atoms with Crippen LogP contribution in [0.5, 0.6) is 0 Å². The van der Waals surface area contributed by atoms with Gasteiger partial charge in [-0.3, -0.25) is 0 Å². The zero-order chi connectivity index (χ0) is 14.8. The Bertz CT molecular complexity index is 474. The van der Waals surface area contributed by atoms with Gasteiger partial charge in [-0.15, -0.1) is 0 Å². The molecule has 1 aromatic heterocycles. The number of halogens is 2. The number of hydrogen-bond acceptors (Lipinski definition) is 3. The molecule has 1 aliphatic carbocycles. The summed E-state index contributed by atoms with van der Waals surface area (Å²) < 4.78 is 0. The minimum atomic E-state index is 0.279. The van der Waals surface area contributed by atoms with Crippen LogP contribution in [0.1, 0.15) is 46.5 Å². The van der Waals surface area contributed by atoms with Crippen LogP contribution in [-0.2, 0) is 0 Å². The van der Waals surface area contributed by atoms with E-state index in [1.807, 2.05) is 0 Å². The van der Waals surface area contributed by atoms with Crippen LogP contribution >= 0.6 is 23.2 Å². The van der Waals surface area contributed by atoms with Crippen molar-refractivity contribution in [2.24, 2.45) is 5.41 Å². The number of pyridine rings is 1. The van der Waals surface area contributed by atoms with Crippen molar-refractivity contribution >= 4 is 34.8 Å².